The molecule has 2 aromatic carbocycles. The molecule has 0 spiro atoms. The molecule has 90 valence electrons. The summed E-state index contributed by atoms with van der Waals surface area (Å²) in [4.78, 5) is 0. The number of hydrogen-bond acceptors (Lipinski definition) is 3. The number of aliphatic hydroxyl groups excluding tert-OH is 2. The number of hydrogen-bond donors (Lipinski definition) is 2. The molecular formula is C14H16O3. The minimum absolute atomic E-state index is 0.406. The second kappa shape index (κ2) is 8.47. The van der Waals surface area contributed by atoms with Crippen LogP contribution in [0.15, 0.2) is 60.7 Å². The topological polar surface area (TPSA) is 49.7 Å². The molecule has 0 saturated carbocycles. The monoisotopic (exact) mass is 232 g/mol. The summed E-state index contributed by atoms with van der Waals surface area (Å²) in [6.07, 6.45) is 0. The van der Waals surface area contributed by atoms with Crippen LogP contribution in [0.2, 0.25) is 0 Å². The van der Waals surface area contributed by atoms with Gasteiger partial charge in [0, 0.05) is 0 Å². The van der Waals surface area contributed by atoms with E-state index in [1.807, 2.05) is 12.1 Å². The summed E-state index contributed by atoms with van der Waals surface area (Å²) in [7, 11) is 0. The maximum atomic E-state index is 7.68. The molecule has 0 fully saturated rings. The molecule has 3 nitrogen and oxygen atoms in total. The zero-order valence-corrected chi connectivity index (χ0v) is 9.49. The van der Waals surface area contributed by atoms with E-state index in [1.54, 1.807) is 0 Å². The molecule has 0 unspecified atom stereocenters. The Bertz CT molecular complexity index is 347. The molecule has 0 saturated heterocycles. The first-order valence-corrected chi connectivity index (χ1v) is 5.28. The van der Waals surface area contributed by atoms with Gasteiger partial charge >= 0.3 is 0 Å². The highest BCUT2D eigenvalue weighted by Crippen LogP contribution is 2.17. The second-order valence-electron chi connectivity index (χ2n) is 3.19. The fourth-order valence-electron chi connectivity index (χ4n) is 1.30. The molecule has 3 heteroatoms. The van der Waals surface area contributed by atoms with Crippen molar-refractivity contribution in [3.05, 3.63) is 60.7 Å². The lowest BCUT2D eigenvalue weighted by Crippen LogP contribution is -1.91. The van der Waals surface area contributed by atoms with Gasteiger partial charge in [-0.15, -0.1) is 0 Å². The molecular weight excluding hydrogens is 216 g/mol. The van der Waals surface area contributed by atoms with Crippen LogP contribution in [0, 0.1) is 0 Å². The first-order chi connectivity index (χ1) is 8.38. The number of rotatable bonds is 3. The summed E-state index contributed by atoms with van der Waals surface area (Å²) < 4.78 is 3.94. The van der Waals surface area contributed by atoms with Crippen molar-refractivity contribution in [3.8, 4) is 11.1 Å². The van der Waals surface area contributed by atoms with Crippen LogP contribution in [0.5, 0.6) is 0 Å². The van der Waals surface area contributed by atoms with Gasteiger partial charge in [-0.1, -0.05) is 60.7 Å². The van der Waals surface area contributed by atoms with Crippen LogP contribution in [-0.2, 0) is 4.74 Å². The lowest BCUT2D eigenvalue weighted by Gasteiger charge is -1.98. The first-order valence-electron chi connectivity index (χ1n) is 5.28. The van der Waals surface area contributed by atoms with E-state index in [9.17, 15) is 0 Å². The number of ether oxygens (including phenoxy) is 1. The maximum absolute atomic E-state index is 7.68. The third kappa shape index (κ3) is 5.26. The van der Waals surface area contributed by atoms with Gasteiger partial charge < -0.3 is 14.9 Å². The third-order valence-electron chi connectivity index (χ3n) is 2.06. The van der Waals surface area contributed by atoms with Gasteiger partial charge in [0.25, 0.3) is 0 Å². The van der Waals surface area contributed by atoms with E-state index in [1.165, 1.54) is 11.1 Å². The third-order valence-corrected chi connectivity index (χ3v) is 2.06. The molecule has 0 heterocycles. The Kier molecular flexibility index (Phi) is 6.67. The van der Waals surface area contributed by atoms with E-state index >= 15 is 0 Å². The fourth-order valence-corrected chi connectivity index (χ4v) is 1.30. The summed E-state index contributed by atoms with van der Waals surface area (Å²) in [6, 6.07) is 20.8. The molecule has 0 aromatic heterocycles. The Morgan fingerprint density at radius 2 is 1.00 bits per heavy atom. The van der Waals surface area contributed by atoms with E-state index in [4.69, 9.17) is 10.2 Å². The van der Waals surface area contributed by atoms with Crippen LogP contribution >= 0.6 is 0 Å². The van der Waals surface area contributed by atoms with Crippen LogP contribution in [0.4, 0.5) is 0 Å². The minimum atomic E-state index is -0.406. The SMILES string of the molecule is OCOCO.c1ccc(-c2ccccc2)cc1. The van der Waals surface area contributed by atoms with Crippen LogP contribution < -0.4 is 0 Å². The molecule has 2 N–H and O–H groups in total. The minimum Gasteiger partial charge on any atom is -0.371 e. The number of aliphatic hydroxyl groups is 2. The zero-order valence-electron chi connectivity index (χ0n) is 9.49. The molecule has 2 aromatic rings. The molecule has 0 atom stereocenters. The average molecular weight is 232 g/mol. The van der Waals surface area contributed by atoms with Gasteiger partial charge in [-0.25, -0.2) is 0 Å². The van der Waals surface area contributed by atoms with E-state index in [0.29, 0.717) is 0 Å². The highest BCUT2D eigenvalue weighted by molar-refractivity contribution is 5.62. The van der Waals surface area contributed by atoms with Crippen LogP contribution in [0.1, 0.15) is 0 Å². The largest absolute Gasteiger partial charge is 0.371 e. The van der Waals surface area contributed by atoms with Gasteiger partial charge in [0.05, 0.1) is 0 Å². The summed E-state index contributed by atoms with van der Waals surface area (Å²) >= 11 is 0. The van der Waals surface area contributed by atoms with E-state index in [-0.39, 0.29) is 0 Å². The van der Waals surface area contributed by atoms with Gasteiger partial charge in [-0.2, -0.15) is 0 Å². The van der Waals surface area contributed by atoms with Crippen molar-refractivity contribution in [2.75, 3.05) is 13.6 Å². The van der Waals surface area contributed by atoms with Gasteiger partial charge in [0.2, 0.25) is 0 Å². The quantitative estimate of drug-likeness (QED) is 0.798. The van der Waals surface area contributed by atoms with Crippen molar-refractivity contribution in [3.63, 3.8) is 0 Å². The van der Waals surface area contributed by atoms with E-state index < -0.39 is 13.6 Å². The molecule has 0 bridgehead atoms. The lowest BCUT2D eigenvalue weighted by atomic mass is 10.1. The average Bonchev–Trinajstić information content (AvgIpc) is 2.42. The number of benzene rings is 2. The van der Waals surface area contributed by atoms with Crippen LogP contribution in [0.3, 0.4) is 0 Å². The summed E-state index contributed by atoms with van der Waals surface area (Å²) in [6.45, 7) is -0.812. The first kappa shape index (κ1) is 13.4. The van der Waals surface area contributed by atoms with Gasteiger partial charge in [0.15, 0.2) is 0 Å². The highest BCUT2D eigenvalue weighted by atomic mass is 16.6. The normalized spacial score (nSPS) is 9.29. The predicted octanol–water partition coefficient (Wildman–Crippen LogP) is 2.26. The molecule has 0 aliphatic rings. The van der Waals surface area contributed by atoms with Gasteiger partial charge in [-0.3, -0.25) is 0 Å². The summed E-state index contributed by atoms with van der Waals surface area (Å²) in [5.41, 5.74) is 2.55. The second-order valence-corrected chi connectivity index (χ2v) is 3.19. The van der Waals surface area contributed by atoms with Crippen LogP contribution in [0.25, 0.3) is 11.1 Å². The Morgan fingerprint density at radius 3 is 1.24 bits per heavy atom. The molecule has 17 heavy (non-hydrogen) atoms. The van der Waals surface area contributed by atoms with Crippen molar-refractivity contribution in [2.45, 2.75) is 0 Å². The van der Waals surface area contributed by atoms with Crippen molar-refractivity contribution >= 4 is 0 Å². The van der Waals surface area contributed by atoms with Crippen molar-refractivity contribution < 1.29 is 14.9 Å². The van der Waals surface area contributed by atoms with E-state index in [2.05, 4.69) is 53.3 Å². The van der Waals surface area contributed by atoms with Gasteiger partial charge in [0.1, 0.15) is 13.6 Å². The summed E-state index contributed by atoms with van der Waals surface area (Å²) in [5.74, 6) is 0. The van der Waals surface area contributed by atoms with E-state index in [0.717, 1.165) is 0 Å². The standard InChI is InChI=1S/C12H10.C2H6O3/c1-3-7-11(8-4-1)12-9-5-2-6-10-12;3-1-5-2-4/h1-10H;3-4H,1-2H2. The molecule has 0 aliphatic heterocycles. The Balaban J connectivity index is 0.000000249. The predicted molar refractivity (Wildman–Crippen MR) is 67.1 cm³/mol. The van der Waals surface area contributed by atoms with Crippen molar-refractivity contribution in [2.24, 2.45) is 0 Å². The van der Waals surface area contributed by atoms with Crippen molar-refractivity contribution in [1.82, 2.24) is 0 Å². The van der Waals surface area contributed by atoms with Crippen LogP contribution in [-0.4, -0.2) is 23.8 Å². The zero-order chi connectivity index (χ0) is 12.3. The molecule has 0 radical (unpaired) electrons. The van der Waals surface area contributed by atoms with Crippen molar-refractivity contribution in [1.29, 1.82) is 0 Å². The van der Waals surface area contributed by atoms with Gasteiger partial charge in [-0.05, 0) is 11.1 Å². The maximum Gasteiger partial charge on any atom is 0.146 e. The Morgan fingerprint density at radius 1 is 0.647 bits per heavy atom. The summed E-state index contributed by atoms with van der Waals surface area (Å²) in [5, 5.41) is 15.4. The molecule has 0 aliphatic carbocycles. The lowest BCUT2D eigenvalue weighted by molar-refractivity contribution is -0.0763. The smallest absolute Gasteiger partial charge is 0.146 e. The molecule has 2 rings (SSSR count). The Hall–Kier alpha value is -1.68. The molecule has 0 amide bonds. The highest BCUT2D eigenvalue weighted by Gasteiger charge is 1.91. The fraction of sp³-hybridized carbons (Fsp3) is 0.143. The Labute approximate surface area is 101 Å².